The maximum Gasteiger partial charge on any atom is 0.132 e. The molecule has 0 aromatic heterocycles. The van der Waals surface area contributed by atoms with E-state index in [4.69, 9.17) is 4.74 Å². The summed E-state index contributed by atoms with van der Waals surface area (Å²) in [6.07, 6.45) is 11.7. The molecular formula is C14H24O2. The molecule has 2 heteroatoms. The second-order valence-electron chi connectivity index (χ2n) is 5.45. The average Bonchev–Trinajstić information content (AvgIpc) is 2.70. The van der Waals surface area contributed by atoms with Gasteiger partial charge in [0.05, 0.1) is 11.7 Å². The molecule has 1 aliphatic heterocycles. The molecule has 0 aromatic rings. The van der Waals surface area contributed by atoms with Crippen molar-refractivity contribution in [1.29, 1.82) is 0 Å². The van der Waals surface area contributed by atoms with Crippen molar-refractivity contribution in [2.75, 3.05) is 0 Å². The first-order valence-corrected chi connectivity index (χ1v) is 6.94. The van der Waals surface area contributed by atoms with Crippen molar-refractivity contribution in [1.82, 2.24) is 0 Å². The number of rotatable bonds is 4. The molecule has 1 unspecified atom stereocenters. The first-order chi connectivity index (χ1) is 7.74. The highest BCUT2D eigenvalue weighted by molar-refractivity contribution is 5.77. The van der Waals surface area contributed by atoms with Gasteiger partial charge in [-0.1, -0.05) is 26.2 Å². The predicted octanol–water partition coefficient (Wildman–Crippen LogP) is 3.63. The van der Waals surface area contributed by atoms with Gasteiger partial charge in [-0.3, -0.25) is 4.79 Å². The summed E-state index contributed by atoms with van der Waals surface area (Å²) in [5.41, 5.74) is 0.220. The maximum atomic E-state index is 11.3. The summed E-state index contributed by atoms with van der Waals surface area (Å²) >= 11 is 0. The highest BCUT2D eigenvalue weighted by Gasteiger charge is 2.40. The second kappa shape index (κ2) is 5.31. The van der Waals surface area contributed by atoms with E-state index >= 15 is 0 Å². The Hall–Kier alpha value is -0.370. The van der Waals surface area contributed by atoms with Gasteiger partial charge in [0.25, 0.3) is 0 Å². The number of hydrogen-bond acceptors (Lipinski definition) is 2. The lowest BCUT2D eigenvalue weighted by molar-refractivity contribution is -0.120. The predicted molar refractivity (Wildman–Crippen MR) is 64.5 cm³/mol. The molecule has 2 fully saturated rings. The zero-order valence-electron chi connectivity index (χ0n) is 10.5. The number of ether oxygens (including phenoxy) is 1. The Morgan fingerprint density at radius 3 is 2.69 bits per heavy atom. The summed E-state index contributed by atoms with van der Waals surface area (Å²) in [7, 11) is 0. The summed E-state index contributed by atoms with van der Waals surface area (Å²) in [5.74, 6) is 0.383. The molecule has 1 heterocycles. The molecule has 0 N–H and O–H groups in total. The van der Waals surface area contributed by atoms with Crippen LogP contribution in [0.2, 0.25) is 0 Å². The SMILES string of the molecule is CCC(=O)CCC1CCC2(CCCCC2)O1. The van der Waals surface area contributed by atoms with Gasteiger partial charge >= 0.3 is 0 Å². The second-order valence-corrected chi connectivity index (χ2v) is 5.45. The number of carbonyl (C=O) groups excluding carboxylic acids is 1. The third-order valence-electron chi connectivity index (χ3n) is 4.24. The highest BCUT2D eigenvalue weighted by atomic mass is 16.5. The van der Waals surface area contributed by atoms with Gasteiger partial charge < -0.3 is 4.74 Å². The number of hydrogen-bond donors (Lipinski definition) is 0. The van der Waals surface area contributed by atoms with Gasteiger partial charge in [0.2, 0.25) is 0 Å². The largest absolute Gasteiger partial charge is 0.372 e. The zero-order chi connectivity index (χ0) is 11.4. The molecule has 0 amide bonds. The molecule has 2 rings (SSSR count). The smallest absolute Gasteiger partial charge is 0.132 e. The first kappa shape index (κ1) is 12.1. The normalized spacial score (nSPS) is 28.4. The van der Waals surface area contributed by atoms with Crippen LogP contribution in [0.4, 0.5) is 0 Å². The summed E-state index contributed by atoms with van der Waals surface area (Å²) in [6.45, 7) is 1.94. The van der Waals surface area contributed by atoms with Crippen molar-refractivity contribution >= 4 is 5.78 Å². The Bertz CT molecular complexity index is 241. The maximum absolute atomic E-state index is 11.3. The van der Waals surface area contributed by atoms with E-state index in [-0.39, 0.29) is 5.60 Å². The number of ketones is 1. The van der Waals surface area contributed by atoms with Crippen LogP contribution in [-0.2, 0) is 9.53 Å². The Morgan fingerprint density at radius 2 is 2.00 bits per heavy atom. The van der Waals surface area contributed by atoms with Crippen molar-refractivity contribution < 1.29 is 9.53 Å². The van der Waals surface area contributed by atoms with E-state index in [1.807, 2.05) is 6.92 Å². The minimum atomic E-state index is 0.220. The fourth-order valence-electron chi connectivity index (χ4n) is 3.16. The highest BCUT2D eigenvalue weighted by Crippen LogP contribution is 2.42. The van der Waals surface area contributed by atoms with E-state index in [1.165, 1.54) is 44.9 Å². The zero-order valence-corrected chi connectivity index (χ0v) is 10.5. The van der Waals surface area contributed by atoms with Crippen LogP contribution >= 0.6 is 0 Å². The van der Waals surface area contributed by atoms with Crippen molar-refractivity contribution in [3.05, 3.63) is 0 Å². The molecule has 1 saturated carbocycles. The van der Waals surface area contributed by atoms with Crippen LogP contribution in [0, 0.1) is 0 Å². The summed E-state index contributed by atoms with van der Waals surface area (Å²) < 4.78 is 6.23. The van der Waals surface area contributed by atoms with Crippen LogP contribution in [0.1, 0.15) is 71.1 Å². The molecule has 92 valence electrons. The molecule has 1 saturated heterocycles. The molecule has 1 atom stereocenters. The van der Waals surface area contributed by atoms with Gasteiger partial charge in [-0.2, -0.15) is 0 Å². The van der Waals surface area contributed by atoms with Crippen LogP contribution in [0.25, 0.3) is 0 Å². The van der Waals surface area contributed by atoms with E-state index in [2.05, 4.69) is 0 Å². The first-order valence-electron chi connectivity index (χ1n) is 6.94. The van der Waals surface area contributed by atoms with Crippen LogP contribution in [0.3, 0.4) is 0 Å². The van der Waals surface area contributed by atoms with Crippen molar-refractivity contribution in [2.24, 2.45) is 0 Å². The number of Topliss-reactive ketones (excluding diaryl/α,β-unsaturated/α-hetero) is 1. The Morgan fingerprint density at radius 1 is 1.25 bits per heavy atom. The third kappa shape index (κ3) is 2.85. The lowest BCUT2D eigenvalue weighted by Gasteiger charge is -2.33. The molecule has 0 radical (unpaired) electrons. The lowest BCUT2D eigenvalue weighted by atomic mass is 9.83. The third-order valence-corrected chi connectivity index (χ3v) is 4.24. The fraction of sp³-hybridized carbons (Fsp3) is 0.929. The quantitative estimate of drug-likeness (QED) is 0.729. The molecule has 1 spiro atoms. The molecule has 2 nitrogen and oxygen atoms in total. The summed E-state index contributed by atoms with van der Waals surface area (Å²) in [5, 5.41) is 0. The Kier molecular flexibility index (Phi) is 4.01. The molecule has 1 aliphatic carbocycles. The molecular weight excluding hydrogens is 200 g/mol. The van der Waals surface area contributed by atoms with Gasteiger partial charge in [-0.15, -0.1) is 0 Å². The van der Waals surface area contributed by atoms with Crippen LogP contribution in [0.15, 0.2) is 0 Å². The van der Waals surface area contributed by atoms with E-state index in [1.54, 1.807) is 0 Å². The van der Waals surface area contributed by atoms with Crippen molar-refractivity contribution in [3.8, 4) is 0 Å². The minimum Gasteiger partial charge on any atom is -0.372 e. The van der Waals surface area contributed by atoms with E-state index in [0.717, 1.165) is 12.8 Å². The van der Waals surface area contributed by atoms with Gasteiger partial charge in [0.1, 0.15) is 5.78 Å². The molecule has 0 bridgehead atoms. The van der Waals surface area contributed by atoms with Crippen LogP contribution in [-0.4, -0.2) is 17.5 Å². The summed E-state index contributed by atoms with van der Waals surface area (Å²) in [4.78, 5) is 11.3. The Labute approximate surface area is 98.7 Å². The molecule has 0 aromatic carbocycles. The van der Waals surface area contributed by atoms with Gasteiger partial charge in [-0.25, -0.2) is 0 Å². The van der Waals surface area contributed by atoms with E-state index in [9.17, 15) is 4.79 Å². The van der Waals surface area contributed by atoms with Crippen molar-refractivity contribution in [2.45, 2.75) is 82.8 Å². The van der Waals surface area contributed by atoms with E-state index < -0.39 is 0 Å². The minimum absolute atomic E-state index is 0.220. The monoisotopic (exact) mass is 224 g/mol. The van der Waals surface area contributed by atoms with Gasteiger partial charge in [0.15, 0.2) is 0 Å². The van der Waals surface area contributed by atoms with Crippen LogP contribution < -0.4 is 0 Å². The van der Waals surface area contributed by atoms with Gasteiger partial charge in [0, 0.05) is 12.8 Å². The van der Waals surface area contributed by atoms with Gasteiger partial charge in [-0.05, 0) is 32.1 Å². The standard InChI is InChI=1S/C14H24O2/c1-2-12(15)6-7-13-8-11-14(16-13)9-4-3-5-10-14/h13H,2-11H2,1H3. The van der Waals surface area contributed by atoms with Crippen LogP contribution in [0.5, 0.6) is 0 Å². The Balaban J connectivity index is 1.76. The number of carbonyl (C=O) groups is 1. The fourth-order valence-corrected chi connectivity index (χ4v) is 3.16. The van der Waals surface area contributed by atoms with E-state index in [0.29, 0.717) is 18.3 Å². The summed E-state index contributed by atoms with van der Waals surface area (Å²) in [6, 6.07) is 0. The topological polar surface area (TPSA) is 26.3 Å². The van der Waals surface area contributed by atoms with Crippen molar-refractivity contribution in [3.63, 3.8) is 0 Å². The average molecular weight is 224 g/mol. The molecule has 16 heavy (non-hydrogen) atoms. The molecule has 2 aliphatic rings. The lowest BCUT2D eigenvalue weighted by Crippen LogP contribution is -2.31.